The zero-order chi connectivity index (χ0) is 21.5. The Morgan fingerprint density at radius 1 is 0.897 bits per heavy atom. The summed E-state index contributed by atoms with van der Waals surface area (Å²) in [6, 6.07) is 0. The van der Waals surface area contributed by atoms with Gasteiger partial charge in [-0.05, 0) is 41.0 Å². The SMILES string of the molecule is CCCCCCCC[P@]1(=O)O[C@H]([C@H]2COC(C)(C)O2)[C@@H]2OC(C)(C)O[C@@H]2[C@]1(C)O. The molecule has 0 aliphatic carbocycles. The molecule has 8 heteroatoms. The molecule has 6 atom stereocenters. The molecule has 0 aromatic heterocycles. The Bertz CT molecular complexity index is 618. The summed E-state index contributed by atoms with van der Waals surface area (Å²) < 4.78 is 44.0. The Labute approximate surface area is 175 Å². The molecule has 7 nitrogen and oxygen atoms in total. The highest BCUT2D eigenvalue weighted by Gasteiger charge is 2.67. The smallest absolute Gasteiger partial charge is 0.236 e. The Hall–Kier alpha value is -0.0100. The fourth-order valence-electron chi connectivity index (χ4n) is 4.55. The van der Waals surface area contributed by atoms with Crippen LogP contribution in [0.3, 0.4) is 0 Å². The van der Waals surface area contributed by atoms with Crippen molar-refractivity contribution in [2.75, 3.05) is 12.8 Å². The lowest BCUT2D eigenvalue weighted by Crippen LogP contribution is -2.59. The Balaban J connectivity index is 1.77. The van der Waals surface area contributed by atoms with Crippen LogP contribution in [0, 0.1) is 0 Å². The van der Waals surface area contributed by atoms with Gasteiger partial charge in [-0.15, -0.1) is 0 Å². The Morgan fingerprint density at radius 3 is 2.17 bits per heavy atom. The van der Waals surface area contributed by atoms with Crippen LogP contribution in [0.25, 0.3) is 0 Å². The van der Waals surface area contributed by atoms with Gasteiger partial charge in [0.2, 0.25) is 7.37 Å². The number of ether oxygens (including phenoxy) is 4. The third kappa shape index (κ3) is 4.92. The highest BCUT2D eigenvalue weighted by atomic mass is 31.2. The summed E-state index contributed by atoms with van der Waals surface area (Å²) >= 11 is 0. The van der Waals surface area contributed by atoms with Crippen molar-refractivity contribution in [3.63, 3.8) is 0 Å². The second kappa shape index (κ2) is 8.50. The number of unbranched alkanes of at least 4 members (excludes halogenated alkanes) is 5. The minimum Gasteiger partial charge on any atom is -0.377 e. The maximum atomic E-state index is 14.0. The van der Waals surface area contributed by atoms with E-state index in [-0.39, 0.29) is 0 Å². The van der Waals surface area contributed by atoms with Gasteiger partial charge in [-0.2, -0.15) is 0 Å². The molecule has 29 heavy (non-hydrogen) atoms. The van der Waals surface area contributed by atoms with Gasteiger partial charge in [0.15, 0.2) is 16.9 Å². The second-order valence-corrected chi connectivity index (χ2v) is 12.6. The van der Waals surface area contributed by atoms with E-state index in [0.29, 0.717) is 12.8 Å². The van der Waals surface area contributed by atoms with E-state index < -0.39 is 48.7 Å². The van der Waals surface area contributed by atoms with Crippen LogP contribution in [0.4, 0.5) is 0 Å². The van der Waals surface area contributed by atoms with E-state index in [4.69, 9.17) is 23.5 Å². The summed E-state index contributed by atoms with van der Waals surface area (Å²) in [5.74, 6) is -1.63. The molecule has 0 aromatic rings. The molecule has 3 fully saturated rings. The van der Waals surface area contributed by atoms with E-state index in [2.05, 4.69) is 6.92 Å². The first kappa shape index (κ1) is 23.6. The average Bonchev–Trinajstić information content (AvgIpc) is 3.14. The maximum Gasteiger partial charge on any atom is 0.236 e. The van der Waals surface area contributed by atoms with Gasteiger partial charge in [0.05, 0.1) is 6.61 Å². The van der Waals surface area contributed by atoms with Crippen LogP contribution < -0.4 is 0 Å². The van der Waals surface area contributed by atoms with Crippen molar-refractivity contribution in [1.29, 1.82) is 0 Å². The van der Waals surface area contributed by atoms with E-state index in [1.54, 1.807) is 20.8 Å². The zero-order valence-electron chi connectivity index (χ0n) is 18.8. The summed E-state index contributed by atoms with van der Waals surface area (Å²) in [7, 11) is -3.43. The molecule has 3 aliphatic rings. The second-order valence-electron chi connectivity index (χ2n) is 9.72. The monoisotopic (exact) mass is 434 g/mol. The van der Waals surface area contributed by atoms with Crippen LogP contribution in [-0.4, -0.2) is 59.2 Å². The minimum atomic E-state index is -3.43. The Morgan fingerprint density at radius 2 is 1.55 bits per heavy atom. The van der Waals surface area contributed by atoms with Crippen molar-refractivity contribution < 1.29 is 33.1 Å². The lowest BCUT2D eigenvalue weighted by atomic mass is 9.99. The zero-order valence-corrected chi connectivity index (χ0v) is 19.7. The first-order chi connectivity index (χ1) is 13.4. The van der Waals surface area contributed by atoms with Crippen molar-refractivity contribution in [2.45, 2.75) is 121 Å². The predicted octanol–water partition coefficient (Wildman–Crippen LogP) is 4.40. The molecule has 0 spiro atoms. The molecular weight excluding hydrogens is 395 g/mol. The number of fused-ring (bicyclic) bond motifs is 1. The van der Waals surface area contributed by atoms with E-state index in [1.165, 1.54) is 19.3 Å². The lowest BCUT2D eigenvalue weighted by Gasteiger charge is -2.47. The van der Waals surface area contributed by atoms with Gasteiger partial charge in [0, 0.05) is 6.16 Å². The molecule has 3 saturated heterocycles. The average molecular weight is 435 g/mol. The van der Waals surface area contributed by atoms with Crippen LogP contribution in [-0.2, 0) is 28.0 Å². The number of hydrogen-bond donors (Lipinski definition) is 1. The fraction of sp³-hybridized carbons (Fsp3) is 1.00. The van der Waals surface area contributed by atoms with Crippen molar-refractivity contribution in [2.24, 2.45) is 0 Å². The summed E-state index contributed by atoms with van der Waals surface area (Å²) in [5.41, 5.74) is 0. The predicted molar refractivity (Wildman–Crippen MR) is 110 cm³/mol. The van der Waals surface area contributed by atoms with Crippen molar-refractivity contribution >= 4 is 7.37 Å². The van der Waals surface area contributed by atoms with Crippen LogP contribution >= 0.6 is 7.37 Å². The standard InChI is InChI=1S/C21H39O7P/c1-7-8-9-10-11-12-13-29(23)21(6,22)18-17(26-20(4,5)27-18)16(28-29)15-14-24-19(2,3)25-15/h15-18,22H,7-14H2,1-6H3/t15-,16-,17+,18+,21-,29+/m1/s1. The topological polar surface area (TPSA) is 83.5 Å². The third-order valence-corrected chi connectivity index (χ3v) is 9.30. The van der Waals surface area contributed by atoms with Crippen molar-refractivity contribution in [3.05, 3.63) is 0 Å². The maximum absolute atomic E-state index is 14.0. The van der Waals surface area contributed by atoms with Gasteiger partial charge >= 0.3 is 0 Å². The van der Waals surface area contributed by atoms with E-state index in [9.17, 15) is 9.67 Å². The first-order valence-electron chi connectivity index (χ1n) is 11.1. The molecule has 0 bridgehead atoms. The molecule has 0 saturated carbocycles. The van der Waals surface area contributed by atoms with Gasteiger partial charge in [-0.3, -0.25) is 4.57 Å². The highest BCUT2D eigenvalue weighted by molar-refractivity contribution is 7.60. The van der Waals surface area contributed by atoms with Crippen LogP contribution in [0.5, 0.6) is 0 Å². The molecule has 0 amide bonds. The summed E-state index contributed by atoms with van der Waals surface area (Å²) in [5, 5.41) is 9.72. The van der Waals surface area contributed by atoms with Gasteiger partial charge in [0.25, 0.3) is 0 Å². The quantitative estimate of drug-likeness (QED) is 0.448. The minimum absolute atomic E-state index is 0.323. The fourth-order valence-corrected chi connectivity index (χ4v) is 7.19. The van der Waals surface area contributed by atoms with Gasteiger partial charge < -0.3 is 28.6 Å². The summed E-state index contributed by atoms with van der Waals surface area (Å²) in [6.45, 7) is 11.4. The van der Waals surface area contributed by atoms with E-state index in [0.717, 1.165) is 19.3 Å². The molecule has 0 unspecified atom stereocenters. The molecule has 170 valence electrons. The third-order valence-electron chi connectivity index (χ3n) is 6.18. The summed E-state index contributed by atoms with van der Waals surface area (Å²) in [6.07, 6.45) is 4.38. The lowest BCUT2D eigenvalue weighted by molar-refractivity contribution is -0.174. The molecule has 3 aliphatic heterocycles. The van der Waals surface area contributed by atoms with Crippen molar-refractivity contribution in [3.8, 4) is 0 Å². The van der Waals surface area contributed by atoms with E-state index in [1.807, 2.05) is 13.8 Å². The Kier molecular flexibility index (Phi) is 6.93. The van der Waals surface area contributed by atoms with Crippen molar-refractivity contribution in [1.82, 2.24) is 0 Å². The van der Waals surface area contributed by atoms with Gasteiger partial charge in [0.1, 0.15) is 24.4 Å². The number of rotatable bonds is 8. The largest absolute Gasteiger partial charge is 0.377 e. The van der Waals surface area contributed by atoms with Crippen LogP contribution in [0.15, 0.2) is 0 Å². The first-order valence-corrected chi connectivity index (χ1v) is 12.9. The van der Waals surface area contributed by atoms with E-state index >= 15 is 0 Å². The molecule has 0 radical (unpaired) electrons. The highest BCUT2D eigenvalue weighted by Crippen LogP contribution is 2.67. The molecular formula is C21H39O7P. The number of aliphatic hydroxyl groups is 1. The number of hydrogen-bond acceptors (Lipinski definition) is 7. The normalized spacial score (nSPS) is 43.4. The molecule has 1 N–H and O–H groups in total. The summed E-state index contributed by atoms with van der Waals surface area (Å²) in [4.78, 5) is 0. The molecule has 0 aromatic carbocycles. The van der Waals surface area contributed by atoms with Crippen LogP contribution in [0.2, 0.25) is 0 Å². The molecule has 3 rings (SSSR count). The molecule has 3 heterocycles. The van der Waals surface area contributed by atoms with Gasteiger partial charge in [-0.1, -0.05) is 39.0 Å². The van der Waals surface area contributed by atoms with Gasteiger partial charge in [-0.25, -0.2) is 0 Å². The van der Waals surface area contributed by atoms with Crippen LogP contribution in [0.1, 0.15) is 80.1 Å².